The fourth-order valence-corrected chi connectivity index (χ4v) is 1.04. The Balaban J connectivity index is 7.45. The summed E-state index contributed by atoms with van der Waals surface area (Å²) in [7, 11) is 0. The molecule has 0 aliphatic heterocycles. The molecule has 140 valence electrons. The standard InChI is InChI=1S/C8H4F14O/c9-1-3(5(11,12)13,6(14,15)16)23-4(2-10,7(17,18)19)8(20,21)22/h1-2H2/i1D2,2D2. The van der Waals surface area contributed by atoms with Crippen molar-refractivity contribution >= 4 is 0 Å². The first kappa shape index (κ1) is 15.5. The van der Waals surface area contributed by atoms with Crippen molar-refractivity contribution in [2.24, 2.45) is 0 Å². The molecule has 0 spiro atoms. The summed E-state index contributed by atoms with van der Waals surface area (Å²) in [4.78, 5) is 0. The van der Waals surface area contributed by atoms with Crippen LogP contribution in [-0.2, 0) is 4.74 Å². The van der Waals surface area contributed by atoms with E-state index in [9.17, 15) is 61.5 Å². The van der Waals surface area contributed by atoms with E-state index in [1.54, 1.807) is 0 Å². The number of ether oxygens (including phenoxy) is 1. The normalized spacial score (nSPS) is 19.7. The van der Waals surface area contributed by atoms with Crippen LogP contribution in [0.2, 0.25) is 0 Å². The van der Waals surface area contributed by atoms with Gasteiger partial charge in [-0.3, -0.25) is 0 Å². The maximum atomic E-state index is 13.2. The van der Waals surface area contributed by atoms with Crippen molar-refractivity contribution in [2.45, 2.75) is 35.9 Å². The summed E-state index contributed by atoms with van der Waals surface area (Å²) < 4.78 is 205. The van der Waals surface area contributed by atoms with Crippen LogP contribution in [0, 0.1) is 0 Å². The minimum absolute atomic E-state index is 1.81. The van der Waals surface area contributed by atoms with E-state index in [0.717, 1.165) is 0 Å². The molecule has 0 saturated carbocycles. The quantitative estimate of drug-likeness (QED) is 0.639. The number of halogens is 14. The van der Waals surface area contributed by atoms with Crippen molar-refractivity contribution < 1.29 is 71.7 Å². The molecular weight excluding hydrogens is 378 g/mol. The second-order valence-electron chi connectivity index (χ2n) is 3.64. The van der Waals surface area contributed by atoms with E-state index in [-0.39, 0.29) is 0 Å². The van der Waals surface area contributed by atoms with E-state index in [0.29, 0.717) is 0 Å². The van der Waals surface area contributed by atoms with Crippen LogP contribution in [0.5, 0.6) is 0 Å². The molecule has 0 atom stereocenters. The van der Waals surface area contributed by atoms with Crippen molar-refractivity contribution in [2.75, 3.05) is 13.3 Å². The third-order valence-electron chi connectivity index (χ3n) is 2.17. The zero-order chi connectivity index (χ0) is 22.7. The van der Waals surface area contributed by atoms with Crippen molar-refractivity contribution in [3.05, 3.63) is 0 Å². The Bertz CT molecular complexity index is 412. The predicted molar refractivity (Wildman–Crippen MR) is 42.7 cm³/mol. The van der Waals surface area contributed by atoms with Crippen LogP contribution >= 0.6 is 0 Å². The highest BCUT2D eigenvalue weighted by Gasteiger charge is 2.82. The lowest BCUT2D eigenvalue weighted by molar-refractivity contribution is -0.470. The highest BCUT2D eigenvalue weighted by molar-refractivity contribution is 5.04. The number of hydrogen-bond acceptors (Lipinski definition) is 1. The predicted octanol–water partition coefficient (Wildman–Crippen LogP) is 4.67. The van der Waals surface area contributed by atoms with Gasteiger partial charge in [0.25, 0.3) is 11.2 Å². The zero-order valence-electron chi connectivity index (χ0n) is 13.7. The first-order valence-corrected chi connectivity index (χ1v) is 4.55. The third kappa shape index (κ3) is 3.42. The lowest BCUT2D eigenvalue weighted by Gasteiger charge is -2.43. The Hall–Kier alpha value is -1.02. The summed E-state index contributed by atoms with van der Waals surface area (Å²) in [5.41, 5.74) is -15.2. The van der Waals surface area contributed by atoms with E-state index in [1.165, 1.54) is 0 Å². The van der Waals surface area contributed by atoms with E-state index in [4.69, 9.17) is 5.48 Å². The highest BCUT2D eigenvalue weighted by atomic mass is 19.4. The van der Waals surface area contributed by atoms with Crippen LogP contribution in [-0.4, -0.2) is 49.2 Å². The van der Waals surface area contributed by atoms with Crippen LogP contribution in [0.3, 0.4) is 0 Å². The zero-order valence-corrected chi connectivity index (χ0v) is 9.70. The molecule has 0 amide bonds. The fraction of sp³-hybridized carbons (Fsp3) is 1.00. The molecular formula is C8H4F14O. The van der Waals surface area contributed by atoms with Gasteiger partial charge in [-0.05, 0) is 0 Å². The van der Waals surface area contributed by atoms with Crippen LogP contribution in [0.4, 0.5) is 61.5 Å². The lowest BCUT2D eigenvalue weighted by atomic mass is 9.98. The van der Waals surface area contributed by atoms with Gasteiger partial charge in [0.05, 0.1) is 5.48 Å². The Morgan fingerprint density at radius 1 is 0.522 bits per heavy atom. The average molecular weight is 386 g/mol. The van der Waals surface area contributed by atoms with Gasteiger partial charge in [-0.2, -0.15) is 52.7 Å². The molecule has 0 radical (unpaired) electrons. The number of hydrogen-bond donors (Lipinski definition) is 0. The van der Waals surface area contributed by atoms with Gasteiger partial charge in [-0.15, -0.1) is 0 Å². The molecule has 0 fully saturated rings. The molecule has 0 heterocycles. The molecule has 0 bridgehead atoms. The van der Waals surface area contributed by atoms with Gasteiger partial charge in [-0.1, -0.05) is 0 Å². The van der Waals surface area contributed by atoms with E-state index >= 15 is 0 Å². The molecule has 0 aromatic rings. The minimum atomic E-state index is -7.74. The Labute approximate surface area is 122 Å². The summed E-state index contributed by atoms with van der Waals surface area (Å²) in [6.45, 7) is -13.2. The third-order valence-corrected chi connectivity index (χ3v) is 2.17. The molecule has 23 heavy (non-hydrogen) atoms. The van der Waals surface area contributed by atoms with Crippen LogP contribution in [0.15, 0.2) is 0 Å². The fourth-order valence-electron chi connectivity index (χ4n) is 1.04. The summed E-state index contributed by atoms with van der Waals surface area (Å²) >= 11 is 0. The second-order valence-corrected chi connectivity index (χ2v) is 3.64. The molecule has 0 aromatic carbocycles. The van der Waals surface area contributed by atoms with Gasteiger partial charge in [0.1, 0.15) is 13.3 Å². The largest absolute Gasteiger partial charge is 0.429 e. The van der Waals surface area contributed by atoms with E-state index < -0.39 is 49.2 Å². The van der Waals surface area contributed by atoms with Crippen LogP contribution in [0.25, 0.3) is 0 Å². The SMILES string of the molecule is [2H]C([2H])(F)C(OC(C([2H])([2H])F)(C(F)(F)F)C(F)(F)F)(C(F)(F)F)C(F)(F)F. The minimum Gasteiger partial charge on any atom is -0.329 e. The summed E-state index contributed by atoms with van der Waals surface area (Å²) in [6, 6.07) is 0. The molecule has 0 N–H and O–H groups in total. The van der Waals surface area contributed by atoms with E-state index in [1.807, 2.05) is 4.74 Å². The summed E-state index contributed by atoms with van der Waals surface area (Å²) in [5.74, 6) is 0. The Morgan fingerprint density at radius 2 is 0.696 bits per heavy atom. The molecule has 15 heteroatoms. The van der Waals surface area contributed by atoms with E-state index in [2.05, 4.69) is 0 Å². The molecule has 0 aromatic heterocycles. The van der Waals surface area contributed by atoms with Gasteiger partial charge in [-0.25, -0.2) is 8.78 Å². The molecule has 0 unspecified atom stereocenters. The molecule has 0 saturated heterocycles. The molecule has 0 aliphatic carbocycles. The smallest absolute Gasteiger partial charge is 0.329 e. The maximum Gasteiger partial charge on any atom is 0.429 e. The van der Waals surface area contributed by atoms with Gasteiger partial charge in [0, 0.05) is 0 Å². The number of rotatable bonds is 4. The van der Waals surface area contributed by atoms with Gasteiger partial charge >= 0.3 is 24.7 Å². The van der Waals surface area contributed by atoms with Gasteiger partial charge in [0.2, 0.25) is 0 Å². The average Bonchev–Trinajstić information content (AvgIpc) is 2.16. The summed E-state index contributed by atoms with van der Waals surface area (Å²) in [5, 5.41) is 0. The molecule has 1 nitrogen and oxygen atoms in total. The maximum absolute atomic E-state index is 13.2. The Kier molecular flexibility index (Phi) is 3.91. The van der Waals surface area contributed by atoms with Gasteiger partial charge < -0.3 is 4.74 Å². The molecule has 0 rings (SSSR count). The van der Waals surface area contributed by atoms with Crippen molar-refractivity contribution in [3.63, 3.8) is 0 Å². The summed E-state index contributed by atoms with van der Waals surface area (Å²) in [6.07, 6.45) is -31.0. The van der Waals surface area contributed by atoms with Crippen LogP contribution in [0.1, 0.15) is 5.48 Å². The Morgan fingerprint density at radius 3 is 0.783 bits per heavy atom. The monoisotopic (exact) mass is 386 g/mol. The van der Waals surface area contributed by atoms with Crippen molar-refractivity contribution in [1.82, 2.24) is 0 Å². The van der Waals surface area contributed by atoms with Crippen molar-refractivity contribution in [1.29, 1.82) is 0 Å². The first-order valence-electron chi connectivity index (χ1n) is 6.55. The second kappa shape index (κ2) is 5.81. The van der Waals surface area contributed by atoms with Crippen LogP contribution < -0.4 is 0 Å². The first-order chi connectivity index (χ1) is 11.2. The van der Waals surface area contributed by atoms with Gasteiger partial charge in [0.15, 0.2) is 0 Å². The molecule has 0 aliphatic rings. The number of alkyl halides is 14. The lowest BCUT2D eigenvalue weighted by Crippen LogP contribution is -2.71. The highest BCUT2D eigenvalue weighted by Crippen LogP contribution is 2.55. The van der Waals surface area contributed by atoms with Crippen molar-refractivity contribution in [3.8, 4) is 0 Å². The topological polar surface area (TPSA) is 9.23 Å².